The quantitative estimate of drug-likeness (QED) is 0.743. The van der Waals surface area contributed by atoms with Crippen LogP contribution in [0.4, 0.5) is 19.0 Å². The molecule has 25 heavy (non-hydrogen) atoms. The fourth-order valence-electron chi connectivity index (χ4n) is 2.17. The van der Waals surface area contributed by atoms with Crippen LogP contribution in [0.1, 0.15) is 0 Å². The Bertz CT molecular complexity index is 1040. The average molecular weight is 369 g/mol. The zero-order valence-electron chi connectivity index (χ0n) is 12.3. The monoisotopic (exact) mass is 369 g/mol. The molecule has 0 bridgehead atoms. The van der Waals surface area contributed by atoms with Gasteiger partial charge in [0.15, 0.2) is 5.82 Å². The van der Waals surface area contributed by atoms with Gasteiger partial charge >= 0.3 is 12.1 Å². The van der Waals surface area contributed by atoms with Crippen LogP contribution in [0, 0.1) is 0 Å². The summed E-state index contributed by atoms with van der Waals surface area (Å²) in [5.41, 5.74) is 0.282. The van der Waals surface area contributed by atoms with Crippen molar-refractivity contribution >= 4 is 32.5 Å². The van der Waals surface area contributed by atoms with Crippen LogP contribution < -0.4 is 5.32 Å². The van der Waals surface area contributed by atoms with Crippen molar-refractivity contribution in [2.24, 2.45) is 0 Å². The number of alkyl halides is 3. The van der Waals surface area contributed by atoms with Gasteiger partial charge in [-0.15, -0.1) is 0 Å². The van der Waals surface area contributed by atoms with Gasteiger partial charge in [0, 0.05) is 5.39 Å². The van der Waals surface area contributed by atoms with Gasteiger partial charge in [-0.05, 0) is 30.3 Å². The molecular weight excluding hydrogens is 359 g/mol. The molecule has 0 atom stereocenters. The van der Waals surface area contributed by atoms with E-state index < -0.39 is 27.7 Å². The van der Waals surface area contributed by atoms with Crippen molar-refractivity contribution in [1.29, 1.82) is 0 Å². The van der Waals surface area contributed by atoms with Crippen molar-refractivity contribution in [2.45, 2.75) is 16.0 Å². The number of halogens is 3. The summed E-state index contributed by atoms with van der Waals surface area (Å²) in [4.78, 5) is 11.0. The second kappa shape index (κ2) is 5.88. The molecule has 3 rings (SSSR count). The predicted octanol–water partition coefficient (Wildman–Crippen LogP) is 2.90. The highest BCUT2D eigenvalue weighted by molar-refractivity contribution is 7.91. The molecule has 0 spiro atoms. The van der Waals surface area contributed by atoms with Crippen LogP contribution in [0.25, 0.3) is 10.9 Å². The summed E-state index contributed by atoms with van der Waals surface area (Å²) in [6.07, 6.45) is -5.08. The maximum Gasteiger partial charge on any atom is 0.471 e. The van der Waals surface area contributed by atoms with Crippen LogP contribution >= 0.6 is 0 Å². The standard InChI is InChI=1S/C15H10F3N3O3S/c16-15(17,18)14(22)19-13-11-8-10(6-7-12(11)20-21-13)25(23,24)9-4-2-1-3-5-9/h1-8H,(H2,19,20,21,22). The van der Waals surface area contributed by atoms with Gasteiger partial charge in [0.25, 0.3) is 0 Å². The zero-order chi connectivity index (χ0) is 18.2. The third-order valence-electron chi connectivity index (χ3n) is 3.39. The van der Waals surface area contributed by atoms with Crippen LogP contribution in [0.3, 0.4) is 0 Å². The first-order chi connectivity index (χ1) is 11.7. The molecular formula is C15H10F3N3O3S. The summed E-state index contributed by atoms with van der Waals surface area (Å²) in [6, 6.07) is 11.4. The molecule has 0 aliphatic carbocycles. The number of benzene rings is 2. The lowest BCUT2D eigenvalue weighted by Crippen LogP contribution is -2.30. The first kappa shape index (κ1) is 17.0. The molecule has 0 aliphatic rings. The smallest absolute Gasteiger partial charge is 0.301 e. The summed E-state index contributed by atoms with van der Waals surface area (Å²) in [5, 5.41) is 7.70. The van der Waals surface area contributed by atoms with Crippen molar-refractivity contribution in [3.05, 3.63) is 48.5 Å². The lowest BCUT2D eigenvalue weighted by Gasteiger charge is -2.07. The topological polar surface area (TPSA) is 91.9 Å². The van der Waals surface area contributed by atoms with Crippen molar-refractivity contribution in [3.63, 3.8) is 0 Å². The fourth-order valence-corrected chi connectivity index (χ4v) is 3.48. The maximum atomic E-state index is 12.6. The van der Waals surface area contributed by atoms with E-state index in [1.54, 1.807) is 23.5 Å². The number of aromatic nitrogens is 2. The average Bonchev–Trinajstić information content (AvgIpc) is 2.97. The number of H-pyrrole nitrogens is 1. The van der Waals surface area contributed by atoms with E-state index in [1.807, 2.05) is 0 Å². The van der Waals surface area contributed by atoms with E-state index in [2.05, 4.69) is 10.2 Å². The molecule has 1 aromatic heterocycles. The Labute approximate surface area is 139 Å². The number of aromatic amines is 1. The molecule has 0 aliphatic heterocycles. The number of carbonyl (C=O) groups is 1. The van der Waals surface area contributed by atoms with E-state index in [0.717, 1.165) is 6.07 Å². The maximum absolute atomic E-state index is 12.6. The third-order valence-corrected chi connectivity index (χ3v) is 5.15. The van der Waals surface area contributed by atoms with E-state index in [0.29, 0.717) is 0 Å². The number of anilines is 1. The molecule has 0 saturated heterocycles. The number of sulfone groups is 1. The van der Waals surface area contributed by atoms with E-state index in [1.165, 1.54) is 24.3 Å². The SMILES string of the molecule is O=C(Nc1n[nH]c2ccc(S(=O)(=O)c3ccccc3)cc12)C(F)(F)F. The van der Waals surface area contributed by atoms with Crippen molar-refractivity contribution < 1.29 is 26.4 Å². The van der Waals surface area contributed by atoms with Gasteiger partial charge in [-0.1, -0.05) is 18.2 Å². The molecule has 0 saturated carbocycles. The zero-order valence-corrected chi connectivity index (χ0v) is 13.1. The second-order valence-corrected chi connectivity index (χ2v) is 7.00. The van der Waals surface area contributed by atoms with Gasteiger partial charge in [-0.25, -0.2) is 8.42 Å². The highest BCUT2D eigenvalue weighted by atomic mass is 32.2. The van der Waals surface area contributed by atoms with Gasteiger partial charge in [-0.2, -0.15) is 18.3 Å². The summed E-state index contributed by atoms with van der Waals surface area (Å²) >= 11 is 0. The first-order valence-corrected chi connectivity index (χ1v) is 8.34. The van der Waals surface area contributed by atoms with E-state index in [9.17, 15) is 26.4 Å². The molecule has 0 unspecified atom stereocenters. The predicted molar refractivity (Wildman–Crippen MR) is 82.7 cm³/mol. The van der Waals surface area contributed by atoms with Gasteiger partial charge in [-0.3, -0.25) is 9.89 Å². The van der Waals surface area contributed by atoms with Gasteiger partial charge in [0.05, 0.1) is 15.3 Å². The molecule has 0 fully saturated rings. The normalized spacial score (nSPS) is 12.3. The molecule has 130 valence electrons. The van der Waals surface area contributed by atoms with Crippen molar-refractivity contribution in [1.82, 2.24) is 10.2 Å². The molecule has 10 heteroatoms. The molecule has 3 aromatic rings. The Hall–Kier alpha value is -2.88. The number of carbonyl (C=O) groups excluding carboxylic acids is 1. The van der Waals surface area contributed by atoms with Crippen molar-refractivity contribution in [2.75, 3.05) is 5.32 Å². The molecule has 6 nitrogen and oxygen atoms in total. The Morgan fingerprint density at radius 1 is 1.04 bits per heavy atom. The molecule has 0 radical (unpaired) electrons. The van der Waals surface area contributed by atoms with Gasteiger partial charge in [0.2, 0.25) is 9.84 Å². The summed E-state index contributed by atoms with van der Waals surface area (Å²) in [6.45, 7) is 0. The highest BCUT2D eigenvalue weighted by Crippen LogP contribution is 2.28. The number of hydrogen-bond donors (Lipinski definition) is 2. The number of nitrogens with one attached hydrogen (secondary N) is 2. The number of hydrogen-bond acceptors (Lipinski definition) is 4. The van der Waals surface area contributed by atoms with Crippen LogP contribution in [-0.4, -0.2) is 30.7 Å². The number of fused-ring (bicyclic) bond motifs is 1. The van der Waals surface area contributed by atoms with Crippen molar-refractivity contribution in [3.8, 4) is 0 Å². The molecule has 2 N–H and O–H groups in total. The lowest BCUT2D eigenvalue weighted by atomic mass is 10.2. The molecule has 2 aromatic carbocycles. The Balaban J connectivity index is 2.06. The highest BCUT2D eigenvalue weighted by Gasteiger charge is 2.39. The van der Waals surface area contributed by atoms with Gasteiger partial charge < -0.3 is 5.32 Å². The van der Waals surface area contributed by atoms with E-state index >= 15 is 0 Å². The number of nitrogens with zero attached hydrogens (tertiary/aromatic N) is 1. The summed E-state index contributed by atoms with van der Waals surface area (Å²) in [5.74, 6) is -2.60. The van der Waals surface area contributed by atoms with Gasteiger partial charge in [0.1, 0.15) is 0 Å². The largest absolute Gasteiger partial charge is 0.471 e. The summed E-state index contributed by atoms with van der Waals surface area (Å²) in [7, 11) is -3.86. The Kier molecular flexibility index (Phi) is 3.99. The first-order valence-electron chi connectivity index (χ1n) is 6.86. The molecule has 1 heterocycles. The Morgan fingerprint density at radius 3 is 2.36 bits per heavy atom. The summed E-state index contributed by atoms with van der Waals surface area (Å²) < 4.78 is 62.3. The van der Waals surface area contributed by atoms with E-state index in [4.69, 9.17) is 0 Å². The third kappa shape index (κ3) is 3.20. The lowest BCUT2D eigenvalue weighted by molar-refractivity contribution is -0.167. The Morgan fingerprint density at radius 2 is 1.72 bits per heavy atom. The van der Waals surface area contributed by atoms with Crippen LogP contribution in [0.5, 0.6) is 0 Å². The fraction of sp³-hybridized carbons (Fsp3) is 0.0667. The second-order valence-electron chi connectivity index (χ2n) is 5.05. The van der Waals surface area contributed by atoms with Crippen LogP contribution in [0.15, 0.2) is 58.3 Å². The minimum absolute atomic E-state index is 0.0405. The number of rotatable bonds is 3. The van der Waals surface area contributed by atoms with Crippen LogP contribution in [-0.2, 0) is 14.6 Å². The number of amides is 1. The minimum Gasteiger partial charge on any atom is -0.301 e. The van der Waals surface area contributed by atoms with E-state index in [-0.39, 0.29) is 20.7 Å². The minimum atomic E-state index is -5.08. The molecule has 1 amide bonds. The van der Waals surface area contributed by atoms with Crippen LogP contribution in [0.2, 0.25) is 0 Å².